The van der Waals surface area contributed by atoms with Crippen LogP contribution in [-0.2, 0) is 9.47 Å². The molecule has 0 saturated carbocycles. The second-order valence-electron chi connectivity index (χ2n) is 3.58. The first-order valence-corrected chi connectivity index (χ1v) is 4.66. The standard InChI is InChI=1S/C10H18O3/c1-4-10(12-3)6-5-9(13-10)7-8(2)11/h4,8-9,11H,1,5-7H2,2-3H3. The predicted octanol–water partition coefficient (Wildman–Crippen LogP) is 1.46. The van der Waals surface area contributed by atoms with Gasteiger partial charge >= 0.3 is 0 Å². The molecule has 1 N–H and O–H groups in total. The van der Waals surface area contributed by atoms with Crippen LogP contribution in [0.25, 0.3) is 0 Å². The Bertz CT molecular complexity index is 179. The van der Waals surface area contributed by atoms with Gasteiger partial charge < -0.3 is 14.6 Å². The zero-order chi connectivity index (χ0) is 9.90. The summed E-state index contributed by atoms with van der Waals surface area (Å²) < 4.78 is 10.9. The van der Waals surface area contributed by atoms with Gasteiger partial charge in [0.1, 0.15) is 0 Å². The highest BCUT2D eigenvalue weighted by Crippen LogP contribution is 2.33. The molecule has 3 unspecified atom stereocenters. The Morgan fingerprint density at radius 1 is 1.85 bits per heavy atom. The van der Waals surface area contributed by atoms with E-state index in [1.165, 1.54) is 0 Å². The van der Waals surface area contributed by atoms with E-state index < -0.39 is 5.79 Å². The van der Waals surface area contributed by atoms with Crippen LogP contribution in [-0.4, -0.2) is 30.2 Å². The van der Waals surface area contributed by atoms with Gasteiger partial charge in [-0.25, -0.2) is 0 Å². The fourth-order valence-corrected chi connectivity index (χ4v) is 1.69. The highest BCUT2D eigenvalue weighted by atomic mass is 16.7. The van der Waals surface area contributed by atoms with Crippen LogP contribution in [0.2, 0.25) is 0 Å². The molecule has 1 aliphatic heterocycles. The molecule has 3 heteroatoms. The van der Waals surface area contributed by atoms with Crippen molar-refractivity contribution in [2.24, 2.45) is 0 Å². The SMILES string of the molecule is C=CC1(OC)CCC(CC(C)O)O1. The summed E-state index contributed by atoms with van der Waals surface area (Å²) in [5, 5.41) is 9.18. The first-order chi connectivity index (χ1) is 6.12. The number of rotatable bonds is 4. The molecule has 1 heterocycles. The molecular weight excluding hydrogens is 168 g/mol. The number of aliphatic hydroxyl groups is 1. The zero-order valence-electron chi connectivity index (χ0n) is 8.32. The van der Waals surface area contributed by atoms with Crippen LogP contribution < -0.4 is 0 Å². The topological polar surface area (TPSA) is 38.7 Å². The summed E-state index contributed by atoms with van der Waals surface area (Å²) in [5.74, 6) is -0.612. The van der Waals surface area contributed by atoms with Crippen LogP contribution >= 0.6 is 0 Å². The molecule has 3 nitrogen and oxygen atoms in total. The second-order valence-corrected chi connectivity index (χ2v) is 3.58. The van der Waals surface area contributed by atoms with E-state index in [0.29, 0.717) is 6.42 Å². The largest absolute Gasteiger partial charge is 0.393 e. The van der Waals surface area contributed by atoms with Crippen molar-refractivity contribution >= 4 is 0 Å². The van der Waals surface area contributed by atoms with Crippen molar-refractivity contribution < 1.29 is 14.6 Å². The van der Waals surface area contributed by atoms with Gasteiger partial charge in [0.2, 0.25) is 0 Å². The van der Waals surface area contributed by atoms with Crippen molar-refractivity contribution in [1.82, 2.24) is 0 Å². The lowest BCUT2D eigenvalue weighted by Gasteiger charge is -2.24. The zero-order valence-corrected chi connectivity index (χ0v) is 8.32. The fourth-order valence-electron chi connectivity index (χ4n) is 1.69. The fraction of sp³-hybridized carbons (Fsp3) is 0.800. The van der Waals surface area contributed by atoms with Crippen molar-refractivity contribution in [2.75, 3.05) is 7.11 Å². The third-order valence-corrected chi connectivity index (χ3v) is 2.44. The minimum atomic E-state index is -0.612. The molecule has 0 radical (unpaired) electrons. The predicted molar refractivity (Wildman–Crippen MR) is 50.3 cm³/mol. The number of hydrogen-bond acceptors (Lipinski definition) is 3. The summed E-state index contributed by atoms with van der Waals surface area (Å²) in [7, 11) is 1.62. The highest BCUT2D eigenvalue weighted by Gasteiger charge is 2.37. The summed E-state index contributed by atoms with van der Waals surface area (Å²) in [4.78, 5) is 0. The van der Waals surface area contributed by atoms with E-state index in [9.17, 15) is 5.11 Å². The minimum Gasteiger partial charge on any atom is -0.393 e. The van der Waals surface area contributed by atoms with Gasteiger partial charge in [-0.05, 0) is 25.8 Å². The Morgan fingerprint density at radius 3 is 2.92 bits per heavy atom. The summed E-state index contributed by atoms with van der Waals surface area (Å²) >= 11 is 0. The van der Waals surface area contributed by atoms with Crippen LogP contribution in [0.5, 0.6) is 0 Å². The number of aliphatic hydroxyl groups excluding tert-OH is 1. The van der Waals surface area contributed by atoms with Crippen molar-refractivity contribution in [2.45, 2.75) is 44.2 Å². The van der Waals surface area contributed by atoms with Crippen LogP contribution in [0.15, 0.2) is 12.7 Å². The van der Waals surface area contributed by atoms with Crippen LogP contribution in [0.3, 0.4) is 0 Å². The quantitative estimate of drug-likeness (QED) is 0.676. The van der Waals surface area contributed by atoms with Crippen molar-refractivity contribution in [3.05, 3.63) is 12.7 Å². The molecule has 0 aromatic heterocycles. The maximum atomic E-state index is 9.18. The minimum absolute atomic E-state index is 0.0953. The van der Waals surface area contributed by atoms with E-state index in [2.05, 4.69) is 6.58 Å². The summed E-state index contributed by atoms with van der Waals surface area (Å²) in [5.41, 5.74) is 0. The van der Waals surface area contributed by atoms with Gasteiger partial charge in [0.25, 0.3) is 0 Å². The third-order valence-electron chi connectivity index (χ3n) is 2.44. The maximum absolute atomic E-state index is 9.18. The Kier molecular flexibility index (Phi) is 3.47. The lowest BCUT2D eigenvalue weighted by atomic mass is 10.1. The first kappa shape index (κ1) is 10.7. The molecule has 1 rings (SSSR count). The molecule has 0 amide bonds. The molecule has 0 aromatic rings. The van der Waals surface area contributed by atoms with Crippen LogP contribution in [0, 0.1) is 0 Å². The first-order valence-electron chi connectivity index (χ1n) is 4.66. The van der Waals surface area contributed by atoms with E-state index in [-0.39, 0.29) is 12.2 Å². The Balaban J connectivity index is 2.47. The molecule has 1 aliphatic rings. The van der Waals surface area contributed by atoms with Gasteiger partial charge in [-0.3, -0.25) is 0 Å². The molecule has 1 saturated heterocycles. The van der Waals surface area contributed by atoms with Crippen molar-refractivity contribution in [3.8, 4) is 0 Å². The molecule has 0 bridgehead atoms. The summed E-state index contributed by atoms with van der Waals surface area (Å²) in [6, 6.07) is 0. The van der Waals surface area contributed by atoms with E-state index >= 15 is 0 Å². The molecular formula is C10H18O3. The number of methoxy groups -OCH3 is 1. The summed E-state index contributed by atoms with van der Waals surface area (Å²) in [6.45, 7) is 5.45. The molecule has 13 heavy (non-hydrogen) atoms. The number of ether oxygens (including phenoxy) is 2. The van der Waals surface area contributed by atoms with E-state index in [1.807, 2.05) is 0 Å². The Morgan fingerprint density at radius 2 is 2.54 bits per heavy atom. The normalized spacial score (nSPS) is 36.1. The summed E-state index contributed by atoms with van der Waals surface area (Å²) in [6.07, 6.45) is 3.88. The third kappa shape index (κ3) is 2.53. The average Bonchev–Trinajstić information content (AvgIpc) is 2.48. The molecule has 1 fully saturated rings. The smallest absolute Gasteiger partial charge is 0.187 e. The molecule has 0 spiro atoms. The van der Waals surface area contributed by atoms with Crippen LogP contribution in [0.1, 0.15) is 26.2 Å². The lowest BCUT2D eigenvalue weighted by molar-refractivity contribution is -0.180. The van der Waals surface area contributed by atoms with Crippen molar-refractivity contribution in [1.29, 1.82) is 0 Å². The maximum Gasteiger partial charge on any atom is 0.187 e. The van der Waals surface area contributed by atoms with E-state index in [0.717, 1.165) is 12.8 Å². The second kappa shape index (κ2) is 4.22. The molecule has 0 aromatic carbocycles. The van der Waals surface area contributed by atoms with Gasteiger partial charge in [-0.2, -0.15) is 0 Å². The van der Waals surface area contributed by atoms with Gasteiger partial charge in [0.05, 0.1) is 12.2 Å². The Hall–Kier alpha value is -0.380. The van der Waals surface area contributed by atoms with Gasteiger partial charge in [-0.1, -0.05) is 6.58 Å². The van der Waals surface area contributed by atoms with Crippen LogP contribution in [0.4, 0.5) is 0 Å². The monoisotopic (exact) mass is 186 g/mol. The van der Waals surface area contributed by atoms with E-state index in [1.54, 1.807) is 20.1 Å². The molecule has 0 aliphatic carbocycles. The molecule has 76 valence electrons. The molecule has 3 atom stereocenters. The average molecular weight is 186 g/mol. The lowest BCUT2D eigenvalue weighted by Crippen LogP contribution is -2.29. The van der Waals surface area contributed by atoms with Gasteiger partial charge in [0.15, 0.2) is 5.79 Å². The van der Waals surface area contributed by atoms with Gasteiger partial charge in [0, 0.05) is 13.5 Å². The Labute approximate surface area is 79.3 Å². The van der Waals surface area contributed by atoms with Crippen molar-refractivity contribution in [3.63, 3.8) is 0 Å². The number of hydrogen-bond donors (Lipinski definition) is 1. The van der Waals surface area contributed by atoms with Gasteiger partial charge in [-0.15, -0.1) is 0 Å². The highest BCUT2D eigenvalue weighted by molar-refractivity contribution is 4.95. The van der Waals surface area contributed by atoms with E-state index in [4.69, 9.17) is 9.47 Å².